The largest absolute Gasteiger partial charge is 0.369 e. The van der Waals surface area contributed by atoms with E-state index in [0.717, 1.165) is 37.2 Å². The predicted molar refractivity (Wildman–Crippen MR) is 68.8 cm³/mol. The maximum Gasteiger partial charge on any atom is 0.223 e. The predicted octanol–water partition coefficient (Wildman–Crippen LogP) is 0.952. The van der Waals surface area contributed by atoms with Crippen molar-refractivity contribution in [2.75, 3.05) is 0 Å². The second-order valence-electron chi connectivity index (χ2n) is 5.11. The molecule has 1 aromatic heterocycles. The maximum atomic E-state index is 11.0. The molecule has 1 fully saturated rings. The molecule has 2 N–H and O–H groups in total. The first kappa shape index (κ1) is 13.5. The van der Waals surface area contributed by atoms with Crippen LogP contribution < -0.4 is 5.73 Å². The number of unbranched alkanes of at least 4 members (excludes halogenated alkanes) is 2. The van der Waals surface area contributed by atoms with Gasteiger partial charge in [0.15, 0.2) is 0 Å². The molecule has 0 aromatic carbocycles. The molecule has 6 nitrogen and oxygen atoms in total. The number of hydrogen-bond donors (Lipinski definition) is 1. The van der Waals surface area contributed by atoms with Gasteiger partial charge < -0.3 is 5.73 Å². The van der Waals surface area contributed by atoms with Crippen LogP contribution in [0, 0.1) is 17.2 Å². The lowest BCUT2D eigenvalue weighted by molar-refractivity contribution is -0.117. The lowest BCUT2D eigenvalue weighted by Gasteiger charge is -2.06. The number of aryl methyl sites for hydroxylation is 1. The van der Waals surface area contributed by atoms with Crippen molar-refractivity contribution in [3.8, 4) is 6.07 Å². The van der Waals surface area contributed by atoms with Gasteiger partial charge in [0.2, 0.25) is 5.91 Å². The highest BCUT2D eigenvalue weighted by molar-refractivity contribution is 5.76. The summed E-state index contributed by atoms with van der Waals surface area (Å²) in [6, 6.07) is 2.14. The minimum absolute atomic E-state index is 0.167. The standard InChI is InChI=1S/C13H19N5O/c14-6-2-1-3-7-18-12(8-10-4-5-10)11(16-17-18)9-13(15)19/h10H,1-5,7-9H2,(H2,15,19). The van der Waals surface area contributed by atoms with Gasteiger partial charge in [-0.1, -0.05) is 5.21 Å². The number of primary amides is 1. The third-order valence-electron chi connectivity index (χ3n) is 3.35. The first-order chi connectivity index (χ1) is 9.20. The fourth-order valence-corrected chi connectivity index (χ4v) is 2.13. The van der Waals surface area contributed by atoms with Crippen LogP contribution in [-0.4, -0.2) is 20.9 Å². The molecule has 0 aliphatic heterocycles. The van der Waals surface area contributed by atoms with Crippen molar-refractivity contribution in [1.29, 1.82) is 5.26 Å². The van der Waals surface area contributed by atoms with Gasteiger partial charge in [-0.05, 0) is 38.0 Å². The summed E-state index contributed by atoms with van der Waals surface area (Å²) >= 11 is 0. The number of aromatic nitrogens is 3. The second-order valence-corrected chi connectivity index (χ2v) is 5.11. The van der Waals surface area contributed by atoms with Crippen LogP contribution in [0.2, 0.25) is 0 Å². The minimum Gasteiger partial charge on any atom is -0.369 e. The molecule has 1 amide bonds. The molecule has 0 radical (unpaired) electrons. The van der Waals surface area contributed by atoms with Gasteiger partial charge in [-0.15, -0.1) is 5.10 Å². The zero-order valence-corrected chi connectivity index (χ0v) is 11.0. The summed E-state index contributed by atoms with van der Waals surface area (Å²) in [4.78, 5) is 11.0. The Balaban J connectivity index is 2.01. The Kier molecular flexibility index (Phi) is 4.50. The van der Waals surface area contributed by atoms with E-state index in [1.165, 1.54) is 12.8 Å². The number of carbonyl (C=O) groups excluding carboxylic acids is 1. The molecule has 19 heavy (non-hydrogen) atoms. The molecule has 1 aromatic rings. The molecule has 0 bridgehead atoms. The van der Waals surface area contributed by atoms with Gasteiger partial charge in [-0.3, -0.25) is 4.79 Å². The quantitative estimate of drug-likeness (QED) is 0.704. The highest BCUT2D eigenvalue weighted by Crippen LogP contribution is 2.33. The van der Waals surface area contributed by atoms with Crippen LogP contribution in [0.3, 0.4) is 0 Å². The SMILES string of the molecule is N#CCCCCn1nnc(CC(N)=O)c1CC1CC1. The van der Waals surface area contributed by atoms with Crippen molar-refractivity contribution in [1.82, 2.24) is 15.0 Å². The molecule has 2 rings (SSSR count). The molecule has 0 spiro atoms. The van der Waals surface area contributed by atoms with E-state index >= 15 is 0 Å². The molecule has 6 heteroatoms. The van der Waals surface area contributed by atoms with Crippen molar-refractivity contribution in [3.05, 3.63) is 11.4 Å². The lowest BCUT2D eigenvalue weighted by Crippen LogP contribution is -2.16. The highest BCUT2D eigenvalue weighted by atomic mass is 16.1. The average Bonchev–Trinajstić information content (AvgIpc) is 3.11. The fourth-order valence-electron chi connectivity index (χ4n) is 2.13. The summed E-state index contributed by atoms with van der Waals surface area (Å²) < 4.78 is 1.88. The zero-order valence-electron chi connectivity index (χ0n) is 11.0. The van der Waals surface area contributed by atoms with E-state index in [9.17, 15) is 4.79 Å². The Labute approximate surface area is 112 Å². The number of carbonyl (C=O) groups is 1. The number of nitrogens with zero attached hydrogens (tertiary/aromatic N) is 4. The molecule has 0 atom stereocenters. The summed E-state index contributed by atoms with van der Waals surface area (Å²) in [5, 5.41) is 16.7. The van der Waals surface area contributed by atoms with Crippen molar-refractivity contribution >= 4 is 5.91 Å². The van der Waals surface area contributed by atoms with Crippen LogP contribution in [0.15, 0.2) is 0 Å². The molecule has 0 saturated heterocycles. The van der Waals surface area contributed by atoms with Crippen LogP contribution >= 0.6 is 0 Å². The first-order valence-electron chi connectivity index (χ1n) is 6.77. The van der Waals surface area contributed by atoms with Gasteiger partial charge in [-0.2, -0.15) is 5.26 Å². The van der Waals surface area contributed by atoms with Gasteiger partial charge in [0.05, 0.1) is 23.9 Å². The minimum atomic E-state index is -0.367. The molecule has 1 aliphatic rings. The van der Waals surface area contributed by atoms with Gasteiger partial charge in [-0.25, -0.2) is 4.68 Å². The Morgan fingerprint density at radius 1 is 1.47 bits per heavy atom. The van der Waals surface area contributed by atoms with E-state index in [0.29, 0.717) is 12.3 Å². The van der Waals surface area contributed by atoms with Gasteiger partial charge >= 0.3 is 0 Å². The molecule has 1 heterocycles. The van der Waals surface area contributed by atoms with Crippen LogP contribution in [0.5, 0.6) is 0 Å². The van der Waals surface area contributed by atoms with Crippen molar-refractivity contribution in [2.45, 2.75) is 51.5 Å². The summed E-state index contributed by atoms with van der Waals surface area (Å²) in [6.07, 6.45) is 5.94. The van der Waals surface area contributed by atoms with E-state index in [4.69, 9.17) is 11.0 Å². The summed E-state index contributed by atoms with van der Waals surface area (Å²) in [7, 11) is 0. The molecule has 102 valence electrons. The van der Waals surface area contributed by atoms with E-state index in [1.54, 1.807) is 0 Å². The monoisotopic (exact) mass is 261 g/mol. The zero-order chi connectivity index (χ0) is 13.7. The molecule has 1 saturated carbocycles. The third kappa shape index (κ3) is 4.05. The van der Waals surface area contributed by atoms with Crippen molar-refractivity contribution in [2.24, 2.45) is 11.7 Å². The molecule has 0 unspecified atom stereocenters. The van der Waals surface area contributed by atoms with E-state index in [-0.39, 0.29) is 12.3 Å². The summed E-state index contributed by atoms with van der Waals surface area (Å²) in [5.41, 5.74) is 7.01. The number of hydrogen-bond acceptors (Lipinski definition) is 4. The van der Waals surface area contributed by atoms with Gasteiger partial charge in [0, 0.05) is 13.0 Å². The Morgan fingerprint density at radius 2 is 2.26 bits per heavy atom. The Hall–Kier alpha value is -1.90. The van der Waals surface area contributed by atoms with Crippen LogP contribution in [0.4, 0.5) is 0 Å². The summed E-state index contributed by atoms with van der Waals surface area (Å²) in [6.45, 7) is 0.759. The summed E-state index contributed by atoms with van der Waals surface area (Å²) in [5.74, 6) is 0.344. The molecule has 1 aliphatic carbocycles. The van der Waals surface area contributed by atoms with E-state index < -0.39 is 0 Å². The van der Waals surface area contributed by atoms with Crippen LogP contribution in [0.25, 0.3) is 0 Å². The van der Waals surface area contributed by atoms with Crippen LogP contribution in [-0.2, 0) is 24.2 Å². The van der Waals surface area contributed by atoms with Gasteiger partial charge in [0.25, 0.3) is 0 Å². The molecular weight excluding hydrogens is 242 g/mol. The number of rotatable bonds is 8. The molecular formula is C13H19N5O. The maximum absolute atomic E-state index is 11.0. The topological polar surface area (TPSA) is 97.6 Å². The fraction of sp³-hybridized carbons (Fsp3) is 0.692. The Bertz CT molecular complexity index is 484. The second kappa shape index (κ2) is 6.32. The number of amides is 1. The van der Waals surface area contributed by atoms with Crippen LogP contribution in [0.1, 0.15) is 43.5 Å². The first-order valence-corrected chi connectivity index (χ1v) is 6.77. The highest BCUT2D eigenvalue weighted by Gasteiger charge is 2.26. The third-order valence-corrected chi connectivity index (χ3v) is 3.35. The Morgan fingerprint density at radius 3 is 2.89 bits per heavy atom. The average molecular weight is 261 g/mol. The van der Waals surface area contributed by atoms with Crippen molar-refractivity contribution in [3.63, 3.8) is 0 Å². The van der Waals surface area contributed by atoms with Crippen molar-refractivity contribution < 1.29 is 4.79 Å². The smallest absolute Gasteiger partial charge is 0.223 e. The normalized spacial score (nSPS) is 14.3. The number of nitrogens with two attached hydrogens (primary N) is 1. The van der Waals surface area contributed by atoms with E-state index in [2.05, 4.69) is 16.4 Å². The lowest BCUT2D eigenvalue weighted by atomic mass is 10.1. The van der Waals surface area contributed by atoms with Gasteiger partial charge in [0.1, 0.15) is 0 Å². The number of nitriles is 1. The van der Waals surface area contributed by atoms with E-state index in [1.807, 2.05) is 4.68 Å².